The number of benzene rings is 2. The molecule has 0 aliphatic carbocycles. The third-order valence-corrected chi connectivity index (χ3v) is 4.97. The fourth-order valence-corrected chi connectivity index (χ4v) is 3.85. The fraction of sp³-hybridized carbons (Fsp3) is 0.227. The Balaban J connectivity index is 1.89. The van der Waals surface area contributed by atoms with Gasteiger partial charge >= 0.3 is 0 Å². The molecule has 1 aliphatic heterocycles. The van der Waals surface area contributed by atoms with Gasteiger partial charge in [-0.2, -0.15) is 4.57 Å². The zero-order valence-corrected chi connectivity index (χ0v) is 14.3. The van der Waals surface area contributed by atoms with Crippen LogP contribution in [0.3, 0.4) is 0 Å². The van der Waals surface area contributed by atoms with Gasteiger partial charge in [-0.25, -0.2) is 0 Å². The maximum absolute atomic E-state index is 2.49. The highest BCUT2D eigenvalue weighted by Gasteiger charge is 2.29. The monoisotopic (exact) mass is 315 g/mol. The molecule has 4 rings (SSSR count). The summed E-state index contributed by atoms with van der Waals surface area (Å²) in [5.41, 5.74) is 5.28. The molecular formula is C22H23N2+. The summed E-state index contributed by atoms with van der Waals surface area (Å²) in [7, 11) is 0. The van der Waals surface area contributed by atoms with E-state index in [1.807, 2.05) is 0 Å². The molecule has 1 atom stereocenters. The maximum Gasteiger partial charge on any atom is 0.212 e. The van der Waals surface area contributed by atoms with Gasteiger partial charge in [-0.3, -0.25) is 0 Å². The second-order valence-electron chi connectivity index (χ2n) is 6.21. The predicted molar refractivity (Wildman–Crippen MR) is 101 cm³/mol. The lowest BCUT2D eigenvalue weighted by Gasteiger charge is -2.33. The number of hydrogen-bond acceptors (Lipinski definition) is 1. The van der Waals surface area contributed by atoms with Crippen LogP contribution in [0.4, 0.5) is 5.69 Å². The first-order valence-corrected chi connectivity index (χ1v) is 8.79. The van der Waals surface area contributed by atoms with Crippen LogP contribution in [0.15, 0.2) is 66.7 Å². The quantitative estimate of drug-likeness (QED) is 0.633. The number of likely N-dealkylation sites (N-methyl/N-ethyl adjacent to an activating group) is 1. The van der Waals surface area contributed by atoms with E-state index >= 15 is 0 Å². The number of para-hydroxylation sites is 2. The molecule has 0 amide bonds. The van der Waals surface area contributed by atoms with Crippen LogP contribution in [-0.4, -0.2) is 6.54 Å². The van der Waals surface area contributed by atoms with Crippen LogP contribution in [0.25, 0.3) is 17.0 Å². The fourth-order valence-electron chi connectivity index (χ4n) is 3.85. The van der Waals surface area contributed by atoms with Gasteiger partial charge in [0.05, 0.1) is 0 Å². The van der Waals surface area contributed by atoms with E-state index in [1.165, 1.54) is 27.8 Å². The molecule has 0 spiro atoms. The largest absolute Gasteiger partial charge is 0.355 e. The Morgan fingerprint density at radius 3 is 2.54 bits per heavy atom. The lowest BCUT2D eigenvalue weighted by Crippen LogP contribution is -2.44. The van der Waals surface area contributed by atoms with E-state index in [9.17, 15) is 0 Å². The van der Waals surface area contributed by atoms with E-state index in [-0.39, 0.29) is 6.04 Å². The Morgan fingerprint density at radius 2 is 1.71 bits per heavy atom. The molecule has 1 aliphatic rings. The van der Waals surface area contributed by atoms with Gasteiger partial charge in [0, 0.05) is 29.8 Å². The van der Waals surface area contributed by atoms with Crippen LogP contribution in [0, 0.1) is 0 Å². The lowest BCUT2D eigenvalue weighted by molar-refractivity contribution is -0.676. The lowest BCUT2D eigenvalue weighted by atomic mass is 9.99. The Hall–Kier alpha value is -2.61. The smallest absolute Gasteiger partial charge is 0.212 e. The van der Waals surface area contributed by atoms with Crippen LogP contribution < -0.4 is 9.47 Å². The standard InChI is InChI=1S/C22H23N2/c1-3-23-19-11-7-5-9-17(19)13-15-21(23)22-16-14-18-10-6-8-12-20(18)24(22)4-2/h5-16,21H,3-4H2,1-2H3/q+1. The predicted octanol–water partition coefficient (Wildman–Crippen LogP) is 4.74. The molecular weight excluding hydrogens is 292 g/mol. The second kappa shape index (κ2) is 6.12. The molecule has 0 saturated carbocycles. The third kappa shape index (κ3) is 2.30. The van der Waals surface area contributed by atoms with Crippen molar-refractivity contribution >= 4 is 22.7 Å². The van der Waals surface area contributed by atoms with E-state index in [0.29, 0.717) is 0 Å². The minimum Gasteiger partial charge on any atom is -0.355 e. The van der Waals surface area contributed by atoms with Gasteiger partial charge in [0.15, 0.2) is 0 Å². The Morgan fingerprint density at radius 1 is 0.917 bits per heavy atom. The zero-order chi connectivity index (χ0) is 16.5. The molecule has 0 fully saturated rings. The first-order valence-electron chi connectivity index (χ1n) is 8.79. The van der Waals surface area contributed by atoms with Crippen LogP contribution in [0.1, 0.15) is 31.1 Å². The van der Waals surface area contributed by atoms with Crippen LogP contribution in [0.2, 0.25) is 0 Å². The number of aryl methyl sites for hydroxylation is 1. The molecule has 2 aromatic carbocycles. The van der Waals surface area contributed by atoms with Crippen molar-refractivity contribution in [1.82, 2.24) is 0 Å². The highest BCUT2D eigenvalue weighted by atomic mass is 15.2. The Labute approximate surface area is 143 Å². The van der Waals surface area contributed by atoms with Gasteiger partial charge in [-0.05, 0) is 37.6 Å². The van der Waals surface area contributed by atoms with Crippen molar-refractivity contribution in [3.05, 3.63) is 78.0 Å². The molecule has 24 heavy (non-hydrogen) atoms. The van der Waals surface area contributed by atoms with E-state index in [1.54, 1.807) is 0 Å². The van der Waals surface area contributed by atoms with Gasteiger partial charge in [0.2, 0.25) is 11.2 Å². The average molecular weight is 315 g/mol. The summed E-state index contributed by atoms with van der Waals surface area (Å²) in [6.07, 6.45) is 4.60. The van der Waals surface area contributed by atoms with Crippen molar-refractivity contribution in [3.8, 4) is 0 Å². The Kier molecular flexibility index (Phi) is 3.81. The van der Waals surface area contributed by atoms with Crippen molar-refractivity contribution in [2.24, 2.45) is 0 Å². The van der Waals surface area contributed by atoms with Gasteiger partial charge in [-0.1, -0.05) is 42.5 Å². The van der Waals surface area contributed by atoms with E-state index in [4.69, 9.17) is 0 Å². The third-order valence-electron chi connectivity index (χ3n) is 4.97. The molecule has 3 aromatic rings. The Bertz CT molecular complexity index is 911. The summed E-state index contributed by atoms with van der Waals surface area (Å²) in [4.78, 5) is 2.49. The highest BCUT2D eigenvalue weighted by molar-refractivity contribution is 5.76. The number of aromatic nitrogens is 1. The molecule has 1 unspecified atom stereocenters. The van der Waals surface area contributed by atoms with Crippen LogP contribution in [-0.2, 0) is 6.54 Å². The summed E-state index contributed by atoms with van der Waals surface area (Å²) in [5, 5.41) is 1.30. The van der Waals surface area contributed by atoms with Crippen molar-refractivity contribution in [2.45, 2.75) is 26.4 Å². The molecule has 0 N–H and O–H groups in total. The number of fused-ring (bicyclic) bond motifs is 2. The topological polar surface area (TPSA) is 7.12 Å². The highest BCUT2D eigenvalue weighted by Crippen LogP contribution is 2.35. The number of hydrogen-bond donors (Lipinski definition) is 0. The van der Waals surface area contributed by atoms with Crippen molar-refractivity contribution in [3.63, 3.8) is 0 Å². The number of pyridine rings is 1. The van der Waals surface area contributed by atoms with Gasteiger partial charge < -0.3 is 4.90 Å². The molecule has 0 saturated heterocycles. The first-order chi connectivity index (χ1) is 11.8. The van der Waals surface area contributed by atoms with Crippen molar-refractivity contribution in [1.29, 1.82) is 0 Å². The minimum absolute atomic E-state index is 0.273. The van der Waals surface area contributed by atoms with Gasteiger partial charge in [-0.15, -0.1) is 0 Å². The molecule has 2 heterocycles. The molecule has 2 heteroatoms. The van der Waals surface area contributed by atoms with Gasteiger partial charge in [0.25, 0.3) is 0 Å². The molecule has 0 radical (unpaired) electrons. The minimum atomic E-state index is 0.273. The molecule has 120 valence electrons. The summed E-state index contributed by atoms with van der Waals surface area (Å²) in [5.74, 6) is 0. The maximum atomic E-state index is 2.49. The summed E-state index contributed by atoms with van der Waals surface area (Å²) < 4.78 is 2.45. The average Bonchev–Trinajstić information content (AvgIpc) is 2.66. The SMILES string of the molecule is CCN1c2ccccc2C=CC1c1ccc2ccccc2[n+]1CC. The van der Waals surface area contributed by atoms with Crippen molar-refractivity contribution < 1.29 is 4.57 Å². The molecule has 0 bridgehead atoms. The normalized spacial score (nSPS) is 16.4. The van der Waals surface area contributed by atoms with Crippen LogP contribution in [0.5, 0.6) is 0 Å². The van der Waals surface area contributed by atoms with Gasteiger partial charge in [0.1, 0.15) is 12.6 Å². The number of nitrogens with zero attached hydrogens (tertiary/aromatic N) is 2. The van der Waals surface area contributed by atoms with Crippen LogP contribution >= 0.6 is 0 Å². The second-order valence-corrected chi connectivity index (χ2v) is 6.21. The summed E-state index contributed by atoms with van der Waals surface area (Å²) in [6.45, 7) is 6.43. The van der Waals surface area contributed by atoms with E-state index in [0.717, 1.165) is 13.1 Å². The summed E-state index contributed by atoms with van der Waals surface area (Å²) >= 11 is 0. The molecule has 2 nitrogen and oxygen atoms in total. The number of anilines is 1. The molecule has 1 aromatic heterocycles. The van der Waals surface area contributed by atoms with Crippen molar-refractivity contribution in [2.75, 3.05) is 11.4 Å². The van der Waals surface area contributed by atoms with E-state index in [2.05, 4.69) is 96.1 Å². The number of rotatable bonds is 3. The zero-order valence-electron chi connectivity index (χ0n) is 14.3. The first kappa shape index (κ1) is 14.9. The van der Waals surface area contributed by atoms with E-state index < -0.39 is 0 Å². The summed E-state index contributed by atoms with van der Waals surface area (Å²) in [6, 6.07) is 22.1.